The van der Waals surface area contributed by atoms with E-state index in [9.17, 15) is 0 Å². The van der Waals surface area contributed by atoms with Crippen LogP contribution in [0.5, 0.6) is 0 Å². The van der Waals surface area contributed by atoms with Gasteiger partial charge in [0.25, 0.3) is 0 Å². The van der Waals surface area contributed by atoms with Crippen molar-refractivity contribution < 1.29 is 0 Å². The molecule has 0 aliphatic heterocycles. The quantitative estimate of drug-likeness (QED) is 0.687. The molecule has 0 saturated carbocycles. The minimum absolute atomic E-state index is 0. The minimum atomic E-state index is 0. The summed E-state index contributed by atoms with van der Waals surface area (Å²) >= 11 is 0. The highest BCUT2D eigenvalue weighted by atomic mass is 35.5. The van der Waals surface area contributed by atoms with Crippen LogP contribution in [0.4, 0.5) is 0 Å². The Morgan fingerprint density at radius 3 is 1.92 bits per heavy atom. The van der Waals surface area contributed by atoms with E-state index in [1.807, 2.05) is 0 Å². The number of hydrogen-bond acceptors (Lipinski definition) is 1. The van der Waals surface area contributed by atoms with Crippen LogP contribution >= 0.6 is 12.4 Å². The fourth-order valence-electron chi connectivity index (χ4n) is 1.51. The van der Waals surface area contributed by atoms with Crippen LogP contribution in [0.2, 0.25) is 0 Å². The van der Waals surface area contributed by atoms with E-state index in [-0.39, 0.29) is 17.9 Å². The van der Waals surface area contributed by atoms with Crippen molar-refractivity contribution in [3.63, 3.8) is 0 Å². The second kappa shape index (κ2) is 7.88. The predicted octanol–water partition coefficient (Wildman–Crippen LogP) is 3.51. The molecule has 0 aromatic rings. The molecule has 0 saturated heterocycles. The zero-order chi connectivity index (χ0) is 8.74. The average Bonchev–Trinajstić information content (AvgIpc) is 2.02. The molecule has 0 spiro atoms. The van der Waals surface area contributed by atoms with Crippen LogP contribution in [-0.2, 0) is 0 Å². The summed E-state index contributed by atoms with van der Waals surface area (Å²) in [6.45, 7) is 6.64. The maximum absolute atomic E-state index is 6.19. The van der Waals surface area contributed by atoms with Crippen LogP contribution in [0.25, 0.3) is 0 Å². The average molecular weight is 194 g/mol. The highest BCUT2D eigenvalue weighted by molar-refractivity contribution is 5.85. The van der Waals surface area contributed by atoms with E-state index in [1.165, 1.54) is 32.1 Å². The summed E-state index contributed by atoms with van der Waals surface area (Å²) in [7, 11) is 0. The Hall–Kier alpha value is 0.250. The van der Waals surface area contributed by atoms with Gasteiger partial charge in [0.15, 0.2) is 0 Å². The van der Waals surface area contributed by atoms with E-state index in [4.69, 9.17) is 5.73 Å². The maximum atomic E-state index is 6.19. The van der Waals surface area contributed by atoms with Crippen LogP contribution in [0, 0.1) is 0 Å². The second-order valence-corrected chi connectivity index (χ2v) is 3.57. The van der Waals surface area contributed by atoms with E-state index in [1.54, 1.807) is 0 Å². The van der Waals surface area contributed by atoms with Gasteiger partial charge < -0.3 is 5.73 Å². The summed E-state index contributed by atoms with van der Waals surface area (Å²) in [5.41, 5.74) is 6.34. The lowest BCUT2D eigenvalue weighted by Gasteiger charge is -2.27. The van der Waals surface area contributed by atoms with Crippen molar-refractivity contribution in [3.8, 4) is 0 Å². The first kappa shape index (κ1) is 14.8. The molecule has 0 bridgehead atoms. The van der Waals surface area contributed by atoms with E-state index in [2.05, 4.69) is 20.8 Å². The third kappa shape index (κ3) is 5.84. The van der Waals surface area contributed by atoms with Crippen molar-refractivity contribution >= 4 is 12.4 Å². The predicted molar refractivity (Wildman–Crippen MR) is 58.9 cm³/mol. The molecule has 1 unspecified atom stereocenters. The van der Waals surface area contributed by atoms with Gasteiger partial charge >= 0.3 is 0 Å². The van der Waals surface area contributed by atoms with Gasteiger partial charge in [0.2, 0.25) is 0 Å². The third-order valence-electron chi connectivity index (χ3n) is 2.48. The summed E-state index contributed by atoms with van der Waals surface area (Å²) in [6.07, 6.45) is 7.28. The molecule has 1 atom stereocenters. The summed E-state index contributed by atoms with van der Waals surface area (Å²) in [4.78, 5) is 0. The fraction of sp³-hybridized carbons (Fsp3) is 1.00. The Bertz CT molecular complexity index is 95.8. The van der Waals surface area contributed by atoms with Crippen LogP contribution in [0.3, 0.4) is 0 Å². The van der Waals surface area contributed by atoms with Gasteiger partial charge in [0.05, 0.1) is 0 Å². The first-order valence-corrected chi connectivity index (χ1v) is 4.97. The molecule has 2 heteroatoms. The second-order valence-electron chi connectivity index (χ2n) is 3.57. The van der Waals surface area contributed by atoms with Gasteiger partial charge in [-0.25, -0.2) is 0 Å². The Morgan fingerprint density at radius 2 is 1.58 bits per heavy atom. The van der Waals surface area contributed by atoms with E-state index in [0.717, 1.165) is 6.42 Å². The summed E-state index contributed by atoms with van der Waals surface area (Å²) in [6, 6.07) is 0. The molecule has 0 amide bonds. The van der Waals surface area contributed by atoms with Gasteiger partial charge in [-0.05, 0) is 19.3 Å². The first-order valence-electron chi connectivity index (χ1n) is 4.97. The van der Waals surface area contributed by atoms with E-state index in [0.29, 0.717) is 0 Å². The van der Waals surface area contributed by atoms with Crippen molar-refractivity contribution in [1.82, 2.24) is 0 Å². The van der Waals surface area contributed by atoms with Crippen molar-refractivity contribution in [2.75, 3.05) is 0 Å². The lowest BCUT2D eigenvalue weighted by atomic mass is 9.87. The number of halogens is 1. The lowest BCUT2D eigenvalue weighted by molar-refractivity contribution is 0.339. The Balaban J connectivity index is 0. The lowest BCUT2D eigenvalue weighted by Crippen LogP contribution is -2.38. The first-order chi connectivity index (χ1) is 5.18. The highest BCUT2D eigenvalue weighted by Crippen LogP contribution is 2.20. The fourth-order valence-corrected chi connectivity index (χ4v) is 1.51. The van der Waals surface area contributed by atoms with Crippen molar-refractivity contribution in [2.24, 2.45) is 5.73 Å². The normalized spacial score (nSPS) is 15.0. The summed E-state index contributed by atoms with van der Waals surface area (Å²) in [5, 5.41) is 0. The van der Waals surface area contributed by atoms with Crippen LogP contribution in [0.15, 0.2) is 0 Å². The highest BCUT2D eigenvalue weighted by Gasteiger charge is 2.19. The molecule has 76 valence electrons. The molecule has 0 radical (unpaired) electrons. The number of rotatable bonds is 6. The molecule has 0 aromatic carbocycles. The SMILES string of the molecule is CCCCC(N)(CC)CCC.Cl. The van der Waals surface area contributed by atoms with Crippen LogP contribution < -0.4 is 5.73 Å². The van der Waals surface area contributed by atoms with Crippen molar-refractivity contribution in [2.45, 2.75) is 64.8 Å². The molecule has 0 aliphatic carbocycles. The number of unbranched alkanes of at least 4 members (excludes halogenated alkanes) is 1. The standard InChI is InChI=1S/C10H23N.ClH/c1-4-7-9-10(11,6-3)8-5-2;/h4-9,11H2,1-3H3;1H. The van der Waals surface area contributed by atoms with Gasteiger partial charge in [-0.1, -0.05) is 40.0 Å². The molecule has 1 nitrogen and oxygen atoms in total. The summed E-state index contributed by atoms with van der Waals surface area (Å²) in [5.74, 6) is 0. The zero-order valence-corrected chi connectivity index (χ0v) is 9.54. The molecular formula is C10H24ClN. The molecular weight excluding hydrogens is 170 g/mol. The van der Waals surface area contributed by atoms with Crippen molar-refractivity contribution in [1.29, 1.82) is 0 Å². The molecule has 12 heavy (non-hydrogen) atoms. The summed E-state index contributed by atoms with van der Waals surface area (Å²) < 4.78 is 0. The largest absolute Gasteiger partial charge is 0.325 e. The monoisotopic (exact) mass is 193 g/mol. The molecule has 0 aromatic heterocycles. The van der Waals surface area contributed by atoms with Crippen molar-refractivity contribution in [3.05, 3.63) is 0 Å². The molecule has 2 N–H and O–H groups in total. The Morgan fingerprint density at radius 1 is 1.00 bits per heavy atom. The van der Waals surface area contributed by atoms with Gasteiger partial charge in [-0.15, -0.1) is 12.4 Å². The Labute approximate surface area is 83.5 Å². The maximum Gasteiger partial charge on any atom is 0.0151 e. The van der Waals surface area contributed by atoms with Gasteiger partial charge in [0.1, 0.15) is 0 Å². The van der Waals surface area contributed by atoms with E-state index >= 15 is 0 Å². The van der Waals surface area contributed by atoms with Gasteiger partial charge in [0, 0.05) is 5.54 Å². The van der Waals surface area contributed by atoms with E-state index < -0.39 is 0 Å². The number of hydrogen-bond donors (Lipinski definition) is 1. The topological polar surface area (TPSA) is 26.0 Å². The van der Waals surface area contributed by atoms with Crippen LogP contribution in [0.1, 0.15) is 59.3 Å². The zero-order valence-electron chi connectivity index (χ0n) is 8.73. The third-order valence-corrected chi connectivity index (χ3v) is 2.48. The minimum Gasteiger partial charge on any atom is -0.325 e. The smallest absolute Gasteiger partial charge is 0.0151 e. The molecule has 0 aliphatic rings. The Kier molecular flexibility index (Phi) is 9.69. The van der Waals surface area contributed by atoms with Gasteiger partial charge in [-0.2, -0.15) is 0 Å². The number of nitrogens with two attached hydrogens (primary N) is 1. The van der Waals surface area contributed by atoms with Crippen LogP contribution in [-0.4, -0.2) is 5.54 Å². The molecule has 0 rings (SSSR count). The van der Waals surface area contributed by atoms with Gasteiger partial charge in [-0.3, -0.25) is 0 Å². The molecule has 0 fully saturated rings. The molecule has 0 heterocycles.